The highest BCUT2D eigenvalue weighted by atomic mass is 16.2. The van der Waals surface area contributed by atoms with Crippen LogP contribution in [0.5, 0.6) is 0 Å². The summed E-state index contributed by atoms with van der Waals surface area (Å²) in [4.78, 5) is 41.7. The molecule has 1 heterocycles. The predicted octanol–water partition coefficient (Wildman–Crippen LogP) is 3.47. The van der Waals surface area contributed by atoms with Crippen LogP contribution in [0.15, 0.2) is 72.8 Å². The van der Waals surface area contributed by atoms with Crippen LogP contribution < -0.4 is 5.32 Å². The van der Waals surface area contributed by atoms with Gasteiger partial charge in [-0.1, -0.05) is 54.6 Å². The lowest BCUT2D eigenvalue weighted by Crippen LogP contribution is -2.29. The van der Waals surface area contributed by atoms with Crippen LogP contribution in [0.1, 0.15) is 47.8 Å². The van der Waals surface area contributed by atoms with Crippen molar-refractivity contribution in [3.63, 3.8) is 0 Å². The van der Waals surface area contributed by atoms with Crippen LogP contribution >= 0.6 is 0 Å². The number of carbonyl (C=O) groups excluding carboxylic acids is 3. The molecule has 32 heavy (non-hydrogen) atoms. The van der Waals surface area contributed by atoms with E-state index in [9.17, 15) is 14.4 Å². The van der Waals surface area contributed by atoms with Crippen molar-refractivity contribution in [2.75, 3.05) is 14.1 Å². The molecule has 162 valence electrons. The van der Waals surface area contributed by atoms with Crippen LogP contribution in [0.2, 0.25) is 0 Å². The zero-order valence-electron chi connectivity index (χ0n) is 18.2. The minimum Gasteiger partial charge on any atom is -0.348 e. The monoisotopic (exact) mass is 427 g/mol. The average molecular weight is 428 g/mol. The first-order valence-electron chi connectivity index (χ1n) is 10.5. The topological polar surface area (TPSA) is 69.7 Å². The maximum absolute atomic E-state index is 12.9. The molecule has 1 aliphatic heterocycles. The first-order valence-corrected chi connectivity index (χ1v) is 10.5. The standard InChI is InChI=1S/C26H25N3O3/c1-28(2)17-21-11-7-6-10-20(21)15-27-24(30)19-12-13-22-23(14-19)26(32)29(25(22)31)16-18-8-4-3-5-9-18/h3-14H,15-17H2,1-2H3,(H,27,30). The van der Waals surface area contributed by atoms with E-state index in [4.69, 9.17) is 0 Å². The minimum atomic E-state index is -0.375. The minimum absolute atomic E-state index is 0.206. The van der Waals surface area contributed by atoms with Gasteiger partial charge in [-0.3, -0.25) is 19.3 Å². The molecular weight excluding hydrogens is 402 g/mol. The summed E-state index contributed by atoms with van der Waals surface area (Å²) in [7, 11) is 4.00. The number of rotatable bonds is 7. The Morgan fingerprint density at radius 2 is 1.50 bits per heavy atom. The Morgan fingerprint density at radius 1 is 0.844 bits per heavy atom. The van der Waals surface area contributed by atoms with E-state index >= 15 is 0 Å². The van der Waals surface area contributed by atoms with Crippen LogP contribution in [0.4, 0.5) is 0 Å². The van der Waals surface area contributed by atoms with E-state index in [0.717, 1.165) is 23.2 Å². The predicted molar refractivity (Wildman–Crippen MR) is 122 cm³/mol. The molecule has 4 rings (SSSR count). The molecule has 0 unspecified atom stereocenters. The number of carbonyl (C=O) groups is 3. The number of nitrogens with zero attached hydrogens (tertiary/aromatic N) is 2. The van der Waals surface area contributed by atoms with Crippen molar-refractivity contribution in [1.29, 1.82) is 0 Å². The van der Waals surface area contributed by atoms with Crippen molar-refractivity contribution in [2.45, 2.75) is 19.6 Å². The maximum atomic E-state index is 12.9. The van der Waals surface area contributed by atoms with E-state index < -0.39 is 0 Å². The van der Waals surface area contributed by atoms with Gasteiger partial charge in [0.25, 0.3) is 17.7 Å². The Hall–Kier alpha value is -3.77. The summed E-state index contributed by atoms with van der Waals surface area (Å²) in [5.41, 5.74) is 4.01. The fourth-order valence-corrected chi connectivity index (χ4v) is 3.84. The lowest BCUT2D eigenvalue weighted by Gasteiger charge is -2.14. The van der Waals surface area contributed by atoms with E-state index in [-0.39, 0.29) is 29.8 Å². The van der Waals surface area contributed by atoms with Crippen LogP contribution in [0, 0.1) is 0 Å². The lowest BCUT2D eigenvalue weighted by atomic mass is 10.0. The van der Waals surface area contributed by atoms with Crippen LogP contribution in [-0.4, -0.2) is 41.6 Å². The molecule has 0 atom stereocenters. The molecule has 1 aliphatic rings. The van der Waals surface area contributed by atoms with E-state index in [1.807, 2.05) is 68.7 Å². The van der Waals surface area contributed by atoms with E-state index in [1.165, 1.54) is 11.0 Å². The molecule has 0 spiro atoms. The Morgan fingerprint density at radius 3 is 2.22 bits per heavy atom. The van der Waals surface area contributed by atoms with Gasteiger partial charge in [-0.2, -0.15) is 0 Å². The molecule has 0 aliphatic carbocycles. The molecular formula is C26H25N3O3. The van der Waals surface area contributed by atoms with Gasteiger partial charge in [0.2, 0.25) is 0 Å². The van der Waals surface area contributed by atoms with Gasteiger partial charge in [-0.15, -0.1) is 0 Å². The van der Waals surface area contributed by atoms with Gasteiger partial charge < -0.3 is 10.2 Å². The largest absolute Gasteiger partial charge is 0.348 e. The zero-order valence-corrected chi connectivity index (χ0v) is 18.2. The highest BCUT2D eigenvalue weighted by Gasteiger charge is 2.35. The normalized spacial score (nSPS) is 12.9. The Bertz CT molecular complexity index is 1170. The molecule has 0 saturated heterocycles. The molecule has 1 N–H and O–H groups in total. The van der Waals surface area contributed by atoms with Crippen molar-refractivity contribution in [3.8, 4) is 0 Å². The number of nitrogens with one attached hydrogen (secondary N) is 1. The molecule has 3 amide bonds. The molecule has 0 bridgehead atoms. The van der Waals surface area contributed by atoms with Gasteiger partial charge in [-0.05, 0) is 49.0 Å². The van der Waals surface area contributed by atoms with Gasteiger partial charge in [-0.25, -0.2) is 0 Å². The number of benzene rings is 3. The highest BCUT2D eigenvalue weighted by Crippen LogP contribution is 2.25. The van der Waals surface area contributed by atoms with Crippen molar-refractivity contribution in [1.82, 2.24) is 15.1 Å². The Kier molecular flexibility index (Phi) is 6.14. The third kappa shape index (κ3) is 4.45. The van der Waals surface area contributed by atoms with E-state index in [0.29, 0.717) is 17.7 Å². The summed E-state index contributed by atoms with van der Waals surface area (Å²) in [6, 6.07) is 22.0. The lowest BCUT2D eigenvalue weighted by molar-refractivity contribution is 0.0642. The molecule has 6 nitrogen and oxygen atoms in total. The summed E-state index contributed by atoms with van der Waals surface area (Å²) < 4.78 is 0. The Labute approximate surface area is 187 Å². The first kappa shape index (κ1) is 21.5. The zero-order chi connectivity index (χ0) is 22.7. The SMILES string of the molecule is CN(C)Cc1ccccc1CNC(=O)c1ccc2c(c1)C(=O)N(Cc1ccccc1)C2=O. The van der Waals surface area contributed by atoms with Crippen LogP contribution in [0.25, 0.3) is 0 Å². The molecule has 0 saturated carbocycles. The number of fused-ring (bicyclic) bond motifs is 1. The molecule has 0 fully saturated rings. The van der Waals surface area contributed by atoms with Gasteiger partial charge >= 0.3 is 0 Å². The second-order valence-electron chi connectivity index (χ2n) is 8.13. The Balaban J connectivity index is 1.48. The van der Waals surface area contributed by atoms with Gasteiger partial charge in [0.15, 0.2) is 0 Å². The summed E-state index contributed by atoms with van der Waals surface area (Å²) in [6.45, 7) is 1.36. The number of imide groups is 1. The van der Waals surface area contributed by atoms with E-state index in [1.54, 1.807) is 12.1 Å². The molecule has 3 aromatic rings. The van der Waals surface area contributed by atoms with Crippen molar-refractivity contribution in [2.24, 2.45) is 0 Å². The smallest absolute Gasteiger partial charge is 0.261 e. The summed E-state index contributed by atoms with van der Waals surface area (Å²) in [5, 5.41) is 2.93. The quantitative estimate of drug-likeness (QED) is 0.586. The van der Waals surface area contributed by atoms with Crippen LogP contribution in [-0.2, 0) is 19.6 Å². The summed E-state index contributed by atoms with van der Waals surface area (Å²) in [6.07, 6.45) is 0. The van der Waals surface area contributed by atoms with Crippen LogP contribution in [0.3, 0.4) is 0 Å². The van der Waals surface area contributed by atoms with Crippen molar-refractivity contribution >= 4 is 17.7 Å². The average Bonchev–Trinajstić information content (AvgIpc) is 3.03. The van der Waals surface area contributed by atoms with Crippen molar-refractivity contribution in [3.05, 3.63) is 106 Å². The second-order valence-corrected chi connectivity index (χ2v) is 8.13. The molecule has 6 heteroatoms. The summed E-state index contributed by atoms with van der Waals surface area (Å²) >= 11 is 0. The fourth-order valence-electron chi connectivity index (χ4n) is 3.84. The molecule has 0 aromatic heterocycles. The van der Waals surface area contributed by atoms with Gasteiger partial charge in [0.1, 0.15) is 0 Å². The van der Waals surface area contributed by atoms with Crippen molar-refractivity contribution < 1.29 is 14.4 Å². The third-order valence-corrected chi connectivity index (χ3v) is 5.46. The number of hydrogen-bond acceptors (Lipinski definition) is 4. The first-order chi connectivity index (χ1) is 15.4. The second kappa shape index (κ2) is 9.16. The highest BCUT2D eigenvalue weighted by molar-refractivity contribution is 6.22. The maximum Gasteiger partial charge on any atom is 0.261 e. The number of hydrogen-bond donors (Lipinski definition) is 1. The fraction of sp³-hybridized carbons (Fsp3) is 0.192. The molecule has 3 aromatic carbocycles. The summed E-state index contributed by atoms with van der Waals surface area (Å²) in [5.74, 6) is -0.993. The number of amides is 3. The van der Waals surface area contributed by atoms with E-state index in [2.05, 4.69) is 10.2 Å². The third-order valence-electron chi connectivity index (χ3n) is 5.46. The van der Waals surface area contributed by atoms with Gasteiger partial charge in [0, 0.05) is 18.7 Å². The molecule has 0 radical (unpaired) electrons. The van der Waals surface area contributed by atoms with Gasteiger partial charge in [0.05, 0.1) is 17.7 Å².